The van der Waals surface area contributed by atoms with Crippen molar-refractivity contribution in [2.75, 3.05) is 38.6 Å². The molecule has 5 rings (SSSR count). The Morgan fingerprint density at radius 2 is 1.94 bits per heavy atom. The minimum atomic E-state index is -3.70. The number of ketones is 1. The number of carbonyl (C=O) groups is 2. The first-order valence-corrected chi connectivity index (χ1v) is 14.7. The fourth-order valence-corrected chi connectivity index (χ4v) is 8.17. The van der Waals surface area contributed by atoms with Crippen molar-refractivity contribution in [3.05, 3.63) is 59.0 Å². The summed E-state index contributed by atoms with van der Waals surface area (Å²) in [4.78, 5) is 30.7. The normalized spacial score (nSPS) is 18.5. The lowest BCUT2D eigenvalue weighted by Crippen LogP contribution is -2.48. The first-order valence-electron chi connectivity index (χ1n) is 12.4. The van der Waals surface area contributed by atoms with Gasteiger partial charge in [0.25, 0.3) is 15.9 Å². The maximum absolute atomic E-state index is 13.6. The number of thiophene rings is 1. The Morgan fingerprint density at radius 3 is 2.69 bits per heavy atom. The Kier molecular flexibility index (Phi) is 7.00. The average molecular weight is 526 g/mol. The lowest BCUT2D eigenvalue weighted by molar-refractivity contribution is -0.122. The molecule has 1 aromatic heterocycles. The third-order valence-corrected chi connectivity index (χ3v) is 10.4. The van der Waals surface area contributed by atoms with Gasteiger partial charge < -0.3 is 9.80 Å². The van der Waals surface area contributed by atoms with Crippen molar-refractivity contribution < 1.29 is 18.0 Å². The zero-order valence-corrected chi connectivity index (χ0v) is 22.3. The van der Waals surface area contributed by atoms with Gasteiger partial charge in [-0.1, -0.05) is 30.7 Å². The maximum Gasteiger partial charge on any atom is 0.258 e. The summed E-state index contributed by atoms with van der Waals surface area (Å²) in [6.07, 6.45) is 3.11. The molecule has 1 amide bonds. The summed E-state index contributed by atoms with van der Waals surface area (Å²) in [5.74, 6) is -0.0963. The van der Waals surface area contributed by atoms with Crippen molar-refractivity contribution in [3.63, 3.8) is 0 Å². The van der Waals surface area contributed by atoms with Crippen LogP contribution in [0.2, 0.25) is 0 Å². The highest BCUT2D eigenvalue weighted by molar-refractivity contribution is 7.91. The van der Waals surface area contributed by atoms with Crippen molar-refractivity contribution in [1.29, 1.82) is 0 Å². The van der Waals surface area contributed by atoms with Gasteiger partial charge >= 0.3 is 0 Å². The van der Waals surface area contributed by atoms with E-state index in [1.165, 1.54) is 15.6 Å². The largest absolute Gasteiger partial charge is 0.309 e. The molecule has 2 aliphatic rings. The summed E-state index contributed by atoms with van der Waals surface area (Å²) < 4.78 is 28.2. The quantitative estimate of drug-likeness (QED) is 0.419. The van der Waals surface area contributed by atoms with Crippen LogP contribution in [0.15, 0.2) is 52.1 Å². The molecule has 0 N–H and O–H groups in total. The van der Waals surface area contributed by atoms with E-state index in [0.717, 1.165) is 47.8 Å². The molecule has 1 saturated heterocycles. The molecular weight excluding hydrogens is 494 g/mol. The number of Topliss-reactive ketones (excluding diaryl/α,β-unsaturated/α-hetero) is 1. The van der Waals surface area contributed by atoms with Gasteiger partial charge in [-0.3, -0.25) is 9.59 Å². The SMILES string of the molecule is CN(C)CCCN1C(=O)c2cccc3c(CC(=O)C4CCCCN4S(=O)(=O)c4cccs4)ccc1c23. The average Bonchev–Trinajstić information content (AvgIpc) is 3.50. The molecule has 1 atom stereocenters. The van der Waals surface area contributed by atoms with Gasteiger partial charge in [0.1, 0.15) is 4.21 Å². The minimum Gasteiger partial charge on any atom is -0.309 e. The molecule has 3 heterocycles. The van der Waals surface area contributed by atoms with E-state index in [1.807, 2.05) is 49.3 Å². The molecular formula is C27H31N3O4S2. The molecule has 0 radical (unpaired) electrons. The van der Waals surface area contributed by atoms with Crippen LogP contribution in [0.1, 0.15) is 41.6 Å². The van der Waals surface area contributed by atoms with E-state index >= 15 is 0 Å². The number of nitrogens with zero attached hydrogens (tertiary/aromatic N) is 3. The molecule has 1 unspecified atom stereocenters. The van der Waals surface area contributed by atoms with Crippen LogP contribution in [-0.4, -0.2) is 69.1 Å². The molecule has 0 bridgehead atoms. The second-order valence-corrected chi connectivity index (χ2v) is 12.9. The first kappa shape index (κ1) is 25.1. The van der Waals surface area contributed by atoms with Crippen LogP contribution in [-0.2, 0) is 21.2 Å². The zero-order chi connectivity index (χ0) is 25.4. The van der Waals surface area contributed by atoms with Crippen LogP contribution < -0.4 is 4.90 Å². The van der Waals surface area contributed by atoms with E-state index in [2.05, 4.69) is 4.90 Å². The van der Waals surface area contributed by atoms with Gasteiger partial charge in [0, 0.05) is 30.5 Å². The van der Waals surface area contributed by atoms with Gasteiger partial charge in [-0.2, -0.15) is 4.31 Å². The summed E-state index contributed by atoms with van der Waals surface area (Å²) in [5.41, 5.74) is 2.39. The summed E-state index contributed by atoms with van der Waals surface area (Å²) in [6, 6.07) is 12.2. The molecule has 2 aliphatic heterocycles. The van der Waals surface area contributed by atoms with Crippen LogP contribution in [0.25, 0.3) is 10.8 Å². The lowest BCUT2D eigenvalue weighted by atomic mass is 9.93. The number of rotatable bonds is 9. The standard InChI is InChI=1S/C27H31N3O4S2/c1-28(2)14-7-15-29-23-13-12-19(20-8-5-9-21(26(20)23)27(29)32)18-24(31)22-10-3-4-16-30(22)36(33,34)25-11-6-17-35-25/h5-6,8-9,11-13,17,22H,3-4,7,10,14-16,18H2,1-2H3. The molecule has 3 aromatic rings. The molecule has 0 saturated carbocycles. The minimum absolute atomic E-state index is 0.00155. The van der Waals surface area contributed by atoms with Crippen LogP contribution in [0.3, 0.4) is 0 Å². The van der Waals surface area contributed by atoms with Crippen LogP contribution >= 0.6 is 11.3 Å². The second kappa shape index (κ2) is 10.0. The third kappa shape index (κ3) is 4.49. The van der Waals surface area contributed by atoms with Crippen LogP contribution in [0, 0.1) is 0 Å². The summed E-state index contributed by atoms with van der Waals surface area (Å²) in [5, 5.41) is 3.53. The van der Waals surface area contributed by atoms with Gasteiger partial charge in [0.2, 0.25) is 0 Å². The topological polar surface area (TPSA) is 78.0 Å². The fraction of sp³-hybridized carbons (Fsp3) is 0.407. The number of sulfonamides is 1. The zero-order valence-electron chi connectivity index (χ0n) is 20.6. The third-order valence-electron chi connectivity index (χ3n) is 7.11. The van der Waals surface area contributed by atoms with Crippen molar-refractivity contribution in [2.45, 2.75) is 42.4 Å². The number of hydrogen-bond acceptors (Lipinski definition) is 6. The predicted octanol–water partition coefficient (Wildman–Crippen LogP) is 4.17. The molecule has 2 aromatic carbocycles. The predicted molar refractivity (Wildman–Crippen MR) is 143 cm³/mol. The van der Waals surface area contributed by atoms with Gasteiger partial charge in [-0.05, 0) is 74.4 Å². The monoisotopic (exact) mass is 525 g/mol. The van der Waals surface area contributed by atoms with Gasteiger partial charge in [0.05, 0.1) is 11.7 Å². The molecule has 9 heteroatoms. The maximum atomic E-state index is 13.6. The molecule has 7 nitrogen and oxygen atoms in total. The Balaban J connectivity index is 1.43. The van der Waals surface area contributed by atoms with E-state index in [-0.39, 0.29) is 22.3 Å². The van der Waals surface area contributed by atoms with Crippen LogP contribution in [0.4, 0.5) is 5.69 Å². The fourth-order valence-electron chi connectivity index (χ4n) is 5.37. The highest BCUT2D eigenvalue weighted by atomic mass is 32.2. The lowest BCUT2D eigenvalue weighted by Gasteiger charge is -2.33. The van der Waals surface area contributed by atoms with Crippen molar-refractivity contribution in [1.82, 2.24) is 9.21 Å². The highest BCUT2D eigenvalue weighted by Crippen LogP contribution is 2.39. The number of carbonyl (C=O) groups excluding carboxylic acids is 2. The number of amides is 1. The van der Waals surface area contributed by atoms with Crippen LogP contribution in [0.5, 0.6) is 0 Å². The molecule has 1 fully saturated rings. The number of hydrogen-bond donors (Lipinski definition) is 0. The highest BCUT2D eigenvalue weighted by Gasteiger charge is 2.38. The van der Waals surface area contributed by atoms with Crippen molar-refractivity contribution in [3.8, 4) is 0 Å². The Hall–Kier alpha value is -2.59. The van der Waals surface area contributed by atoms with Crippen molar-refractivity contribution >= 4 is 49.5 Å². The second-order valence-electron chi connectivity index (χ2n) is 9.79. The summed E-state index contributed by atoms with van der Waals surface area (Å²) >= 11 is 1.18. The molecule has 36 heavy (non-hydrogen) atoms. The Labute approximate surface area is 216 Å². The Morgan fingerprint density at radius 1 is 1.11 bits per heavy atom. The van der Waals surface area contributed by atoms with Crippen molar-refractivity contribution in [2.24, 2.45) is 0 Å². The van der Waals surface area contributed by atoms with E-state index in [4.69, 9.17) is 0 Å². The summed E-state index contributed by atoms with van der Waals surface area (Å²) in [6.45, 7) is 1.88. The van der Waals surface area contributed by atoms with E-state index in [0.29, 0.717) is 25.1 Å². The first-order chi connectivity index (χ1) is 17.3. The van der Waals surface area contributed by atoms with E-state index < -0.39 is 16.1 Å². The number of anilines is 1. The Bertz CT molecular complexity index is 1400. The van der Waals surface area contributed by atoms with E-state index in [9.17, 15) is 18.0 Å². The smallest absolute Gasteiger partial charge is 0.258 e. The molecule has 0 spiro atoms. The number of piperidine rings is 1. The van der Waals surface area contributed by atoms with Gasteiger partial charge in [-0.15, -0.1) is 11.3 Å². The van der Waals surface area contributed by atoms with E-state index in [1.54, 1.807) is 17.5 Å². The van der Waals surface area contributed by atoms with Gasteiger partial charge in [0.15, 0.2) is 5.78 Å². The number of benzene rings is 2. The van der Waals surface area contributed by atoms with Gasteiger partial charge in [-0.25, -0.2) is 8.42 Å². The molecule has 0 aliphatic carbocycles. The summed E-state index contributed by atoms with van der Waals surface area (Å²) in [7, 11) is 0.331. The molecule has 190 valence electrons.